The molecule has 2 heterocycles. The number of fused-ring (bicyclic) bond motifs is 1. The van der Waals surface area contributed by atoms with Crippen molar-refractivity contribution in [3.8, 4) is 5.69 Å². The molecule has 1 atom stereocenters. The molecule has 1 N–H and O–H groups in total. The summed E-state index contributed by atoms with van der Waals surface area (Å²) in [5.41, 5.74) is -1.79. The molecule has 0 aliphatic rings. The number of hydrogen-bond acceptors (Lipinski definition) is 4. The minimum absolute atomic E-state index is 0.0499. The number of carbonyl (C=O) groups excluding carboxylic acids is 1. The number of rotatable bonds is 5. The molecule has 0 bridgehead atoms. The van der Waals surface area contributed by atoms with Crippen molar-refractivity contribution in [1.29, 1.82) is 0 Å². The van der Waals surface area contributed by atoms with Gasteiger partial charge in [0.05, 0.1) is 11.1 Å². The number of carbonyl (C=O) groups is 1. The molecule has 11 heteroatoms. The van der Waals surface area contributed by atoms with E-state index in [1.807, 2.05) is 0 Å². The van der Waals surface area contributed by atoms with Crippen LogP contribution in [0.25, 0.3) is 16.7 Å². The summed E-state index contributed by atoms with van der Waals surface area (Å²) in [7, 11) is 3.36. The van der Waals surface area contributed by atoms with Crippen LogP contribution in [0, 0.1) is 11.6 Å². The standard InChI is InChI=1S/C21H19F5N4O2/c1-4-16(21(24,25)26)27-20(32)13-10-30(15-7-5-11(22)9-14(15)23)19-12(18(13)31)6-8-17(28-19)29(2)3/h5-10,16H,4H2,1-3H3,(H,27,32). The van der Waals surface area contributed by atoms with E-state index in [0.29, 0.717) is 11.9 Å². The molecule has 32 heavy (non-hydrogen) atoms. The van der Waals surface area contributed by atoms with Crippen molar-refractivity contribution in [3.63, 3.8) is 0 Å². The van der Waals surface area contributed by atoms with Gasteiger partial charge in [0.1, 0.15) is 29.1 Å². The topological polar surface area (TPSA) is 67.2 Å². The van der Waals surface area contributed by atoms with Gasteiger partial charge in [0, 0.05) is 26.4 Å². The second-order valence-electron chi connectivity index (χ2n) is 7.25. The molecule has 3 rings (SSSR count). The lowest BCUT2D eigenvalue weighted by atomic mass is 10.1. The fraction of sp³-hybridized carbons (Fsp3) is 0.286. The number of nitrogens with one attached hydrogen (secondary N) is 1. The molecule has 0 saturated carbocycles. The number of hydrogen-bond donors (Lipinski definition) is 1. The van der Waals surface area contributed by atoms with Crippen LogP contribution >= 0.6 is 0 Å². The van der Waals surface area contributed by atoms with Gasteiger partial charge in [-0.3, -0.25) is 14.2 Å². The SMILES string of the molecule is CCC(NC(=O)c1cn(-c2ccc(F)cc2F)c2nc(N(C)C)ccc2c1=O)C(F)(F)F. The molecule has 3 aromatic rings. The first-order valence-corrected chi connectivity index (χ1v) is 9.50. The summed E-state index contributed by atoms with van der Waals surface area (Å²) in [6, 6.07) is 3.29. The summed E-state index contributed by atoms with van der Waals surface area (Å²) in [5, 5.41) is 1.68. The number of anilines is 1. The Balaban J connectivity index is 2.27. The van der Waals surface area contributed by atoms with E-state index in [-0.39, 0.29) is 16.7 Å². The fourth-order valence-electron chi connectivity index (χ4n) is 3.12. The Morgan fingerprint density at radius 3 is 2.44 bits per heavy atom. The minimum atomic E-state index is -4.72. The van der Waals surface area contributed by atoms with E-state index in [1.165, 1.54) is 19.1 Å². The van der Waals surface area contributed by atoms with E-state index in [2.05, 4.69) is 4.98 Å². The van der Waals surface area contributed by atoms with Crippen molar-refractivity contribution < 1.29 is 26.7 Å². The Morgan fingerprint density at radius 2 is 1.88 bits per heavy atom. The molecular formula is C21H19F5N4O2. The average Bonchev–Trinajstić information content (AvgIpc) is 2.71. The Labute approximate surface area is 179 Å². The lowest BCUT2D eigenvalue weighted by molar-refractivity contribution is -0.153. The quantitative estimate of drug-likeness (QED) is 0.596. The van der Waals surface area contributed by atoms with Gasteiger partial charge < -0.3 is 10.2 Å². The minimum Gasteiger partial charge on any atom is -0.363 e. The van der Waals surface area contributed by atoms with Gasteiger partial charge in [0.15, 0.2) is 5.65 Å². The Morgan fingerprint density at radius 1 is 1.19 bits per heavy atom. The maximum Gasteiger partial charge on any atom is 0.408 e. The van der Waals surface area contributed by atoms with Crippen LogP contribution in [0.1, 0.15) is 23.7 Å². The van der Waals surface area contributed by atoms with Crippen LogP contribution in [0.3, 0.4) is 0 Å². The number of aromatic nitrogens is 2. The Kier molecular flexibility index (Phi) is 6.20. The Bertz CT molecular complexity index is 1240. The molecule has 1 amide bonds. The third kappa shape index (κ3) is 4.41. The van der Waals surface area contributed by atoms with Crippen LogP contribution in [0.5, 0.6) is 0 Å². The summed E-state index contributed by atoms with van der Waals surface area (Å²) >= 11 is 0. The van der Waals surface area contributed by atoms with Crippen LogP contribution in [0.4, 0.5) is 27.8 Å². The number of amides is 1. The highest BCUT2D eigenvalue weighted by atomic mass is 19.4. The highest BCUT2D eigenvalue weighted by Crippen LogP contribution is 2.24. The average molecular weight is 454 g/mol. The summed E-state index contributed by atoms with van der Waals surface area (Å²) in [6.45, 7) is 1.23. The largest absolute Gasteiger partial charge is 0.408 e. The second-order valence-corrected chi connectivity index (χ2v) is 7.25. The van der Waals surface area contributed by atoms with Gasteiger partial charge in [-0.25, -0.2) is 13.8 Å². The first-order valence-electron chi connectivity index (χ1n) is 9.50. The molecule has 1 aromatic carbocycles. The highest BCUT2D eigenvalue weighted by molar-refractivity contribution is 5.97. The molecule has 0 fully saturated rings. The van der Waals surface area contributed by atoms with E-state index in [0.717, 1.165) is 22.9 Å². The molecule has 0 aliphatic carbocycles. The molecule has 0 aliphatic heterocycles. The summed E-state index contributed by atoms with van der Waals surface area (Å²) in [4.78, 5) is 31.5. The van der Waals surface area contributed by atoms with Gasteiger partial charge in [-0.2, -0.15) is 13.2 Å². The molecule has 6 nitrogen and oxygen atoms in total. The van der Waals surface area contributed by atoms with Gasteiger partial charge in [-0.15, -0.1) is 0 Å². The van der Waals surface area contributed by atoms with Crippen molar-refractivity contribution in [2.75, 3.05) is 19.0 Å². The first-order chi connectivity index (χ1) is 14.9. The molecule has 0 spiro atoms. The number of pyridine rings is 2. The third-order valence-corrected chi connectivity index (χ3v) is 4.82. The first kappa shape index (κ1) is 23.2. The van der Waals surface area contributed by atoms with Gasteiger partial charge in [-0.05, 0) is 30.7 Å². The lowest BCUT2D eigenvalue weighted by Gasteiger charge is -2.21. The van der Waals surface area contributed by atoms with Crippen LogP contribution in [0.15, 0.2) is 41.3 Å². The molecule has 0 radical (unpaired) electrons. The third-order valence-electron chi connectivity index (χ3n) is 4.82. The second kappa shape index (κ2) is 8.56. The smallest absolute Gasteiger partial charge is 0.363 e. The molecule has 2 aromatic heterocycles. The van der Waals surface area contributed by atoms with Gasteiger partial charge in [0.25, 0.3) is 5.91 Å². The number of benzene rings is 1. The zero-order valence-corrected chi connectivity index (χ0v) is 17.3. The molecular weight excluding hydrogens is 435 g/mol. The van der Waals surface area contributed by atoms with Crippen molar-refractivity contribution in [3.05, 3.63) is 63.9 Å². The van der Waals surface area contributed by atoms with Crippen LogP contribution in [-0.4, -0.2) is 41.8 Å². The highest BCUT2D eigenvalue weighted by Gasteiger charge is 2.39. The van der Waals surface area contributed by atoms with E-state index in [4.69, 9.17) is 0 Å². The zero-order chi connectivity index (χ0) is 23.8. The maximum absolute atomic E-state index is 14.6. The van der Waals surface area contributed by atoms with Crippen molar-refractivity contribution in [2.24, 2.45) is 0 Å². The van der Waals surface area contributed by atoms with Crippen molar-refractivity contribution in [2.45, 2.75) is 25.6 Å². The molecule has 0 saturated heterocycles. The van der Waals surface area contributed by atoms with E-state index < -0.39 is 47.2 Å². The van der Waals surface area contributed by atoms with E-state index in [9.17, 15) is 31.5 Å². The van der Waals surface area contributed by atoms with Crippen LogP contribution < -0.4 is 15.6 Å². The number of nitrogens with zero attached hydrogens (tertiary/aromatic N) is 3. The van der Waals surface area contributed by atoms with Crippen molar-refractivity contribution in [1.82, 2.24) is 14.9 Å². The molecule has 170 valence electrons. The molecule has 1 unspecified atom stereocenters. The number of alkyl halides is 3. The van der Waals surface area contributed by atoms with Gasteiger partial charge in [-0.1, -0.05) is 6.92 Å². The lowest BCUT2D eigenvalue weighted by Crippen LogP contribution is -2.46. The van der Waals surface area contributed by atoms with Crippen molar-refractivity contribution >= 4 is 22.8 Å². The number of halogens is 5. The summed E-state index contributed by atoms with van der Waals surface area (Å²) in [5.74, 6) is -2.74. The summed E-state index contributed by atoms with van der Waals surface area (Å²) < 4.78 is 68.3. The van der Waals surface area contributed by atoms with E-state index in [1.54, 1.807) is 24.3 Å². The van der Waals surface area contributed by atoms with Gasteiger partial charge >= 0.3 is 6.18 Å². The normalized spacial score (nSPS) is 12.6. The zero-order valence-electron chi connectivity index (χ0n) is 17.3. The predicted octanol–water partition coefficient (Wildman–Crippen LogP) is 3.80. The van der Waals surface area contributed by atoms with Crippen LogP contribution in [0.2, 0.25) is 0 Å². The predicted molar refractivity (Wildman–Crippen MR) is 109 cm³/mol. The van der Waals surface area contributed by atoms with Crippen LogP contribution in [-0.2, 0) is 0 Å². The Hall–Kier alpha value is -3.50. The summed E-state index contributed by atoms with van der Waals surface area (Å²) in [6.07, 6.45) is -4.26. The van der Waals surface area contributed by atoms with Gasteiger partial charge in [0.2, 0.25) is 5.43 Å². The van der Waals surface area contributed by atoms with E-state index >= 15 is 0 Å². The monoisotopic (exact) mass is 454 g/mol. The maximum atomic E-state index is 14.6. The fourth-order valence-corrected chi connectivity index (χ4v) is 3.12.